The number of nitrogens with zero attached hydrogens (tertiary/aromatic N) is 2. The third kappa shape index (κ3) is 2.00. The third-order valence-corrected chi connectivity index (χ3v) is 3.09. The van der Waals surface area contributed by atoms with Crippen LogP contribution in [0.3, 0.4) is 0 Å². The quantitative estimate of drug-likeness (QED) is 0.896. The van der Waals surface area contributed by atoms with Crippen molar-refractivity contribution in [3.8, 4) is 5.69 Å². The summed E-state index contributed by atoms with van der Waals surface area (Å²) < 4.78 is 19.8. The van der Waals surface area contributed by atoms with Crippen LogP contribution in [0.4, 0.5) is 4.39 Å². The lowest BCUT2D eigenvalue weighted by atomic mass is 10.1. The highest BCUT2D eigenvalue weighted by atomic mass is 19.1. The van der Waals surface area contributed by atoms with Gasteiger partial charge in [0, 0.05) is 12.0 Å². The smallest absolute Gasteiger partial charge is 0.356 e. The molecule has 98 valence electrons. The lowest BCUT2D eigenvalue weighted by Crippen LogP contribution is -2.13. The average Bonchev–Trinajstić information content (AvgIpc) is 2.79. The Hall–Kier alpha value is -2.21. The van der Waals surface area contributed by atoms with E-state index in [0.29, 0.717) is 24.3 Å². The molecule has 5 nitrogen and oxygen atoms in total. The van der Waals surface area contributed by atoms with Crippen LogP contribution in [-0.4, -0.2) is 27.5 Å². The molecule has 0 aliphatic carbocycles. The van der Waals surface area contributed by atoms with Crippen molar-refractivity contribution in [2.75, 3.05) is 6.61 Å². The molecule has 1 aliphatic rings. The predicted molar refractivity (Wildman–Crippen MR) is 63.8 cm³/mol. The Morgan fingerprint density at radius 1 is 1.37 bits per heavy atom. The maximum absolute atomic E-state index is 12.9. The van der Waals surface area contributed by atoms with Crippen molar-refractivity contribution >= 4 is 5.97 Å². The molecule has 1 N–H and O–H groups in total. The molecule has 0 spiro atoms. The summed E-state index contributed by atoms with van der Waals surface area (Å²) in [5, 5.41) is 13.3. The number of carbonyl (C=O) groups is 1. The number of halogens is 1. The number of ether oxygens (including phenoxy) is 1. The maximum atomic E-state index is 12.9. The van der Waals surface area contributed by atoms with Gasteiger partial charge in [0.1, 0.15) is 5.82 Å². The van der Waals surface area contributed by atoms with E-state index >= 15 is 0 Å². The van der Waals surface area contributed by atoms with Gasteiger partial charge >= 0.3 is 5.97 Å². The number of hydrogen-bond donors (Lipinski definition) is 1. The number of carboxylic acids is 1. The summed E-state index contributed by atoms with van der Waals surface area (Å²) >= 11 is 0. The molecular formula is C13H11FN2O3. The SMILES string of the molecule is O=C(O)c1nn(-c2ccc(F)cc2)c2c1COCC2. The van der Waals surface area contributed by atoms with Gasteiger partial charge in [0.15, 0.2) is 5.69 Å². The van der Waals surface area contributed by atoms with E-state index in [4.69, 9.17) is 9.84 Å². The molecular weight excluding hydrogens is 251 g/mol. The molecule has 19 heavy (non-hydrogen) atoms. The Kier molecular flexibility index (Phi) is 2.79. The number of carboxylic acid groups (broad SMARTS) is 1. The van der Waals surface area contributed by atoms with E-state index in [9.17, 15) is 9.18 Å². The van der Waals surface area contributed by atoms with E-state index in [-0.39, 0.29) is 18.1 Å². The minimum Gasteiger partial charge on any atom is -0.476 e. The number of benzene rings is 1. The van der Waals surface area contributed by atoms with Crippen LogP contribution in [0.25, 0.3) is 5.69 Å². The van der Waals surface area contributed by atoms with Gasteiger partial charge in [0.2, 0.25) is 0 Å². The number of fused-ring (bicyclic) bond motifs is 1. The summed E-state index contributed by atoms with van der Waals surface area (Å²) in [5.41, 5.74) is 2.06. The second kappa shape index (κ2) is 4.47. The Morgan fingerprint density at radius 2 is 2.11 bits per heavy atom. The van der Waals surface area contributed by atoms with E-state index in [1.807, 2.05) is 0 Å². The normalized spacial score (nSPS) is 14.2. The summed E-state index contributed by atoms with van der Waals surface area (Å²) in [7, 11) is 0. The Morgan fingerprint density at radius 3 is 2.79 bits per heavy atom. The highest BCUT2D eigenvalue weighted by molar-refractivity contribution is 5.87. The predicted octanol–water partition coefficient (Wildman–Crippen LogP) is 1.78. The minimum absolute atomic E-state index is 0.000903. The van der Waals surface area contributed by atoms with Gasteiger partial charge in [0.05, 0.1) is 24.6 Å². The van der Waals surface area contributed by atoms with Crippen LogP contribution in [-0.2, 0) is 17.8 Å². The summed E-state index contributed by atoms with van der Waals surface area (Å²) in [4.78, 5) is 11.2. The molecule has 0 radical (unpaired) electrons. The maximum Gasteiger partial charge on any atom is 0.356 e. The molecule has 1 aromatic heterocycles. The van der Waals surface area contributed by atoms with Crippen molar-refractivity contribution in [3.05, 3.63) is 47.0 Å². The van der Waals surface area contributed by atoms with Gasteiger partial charge in [-0.25, -0.2) is 13.9 Å². The van der Waals surface area contributed by atoms with E-state index in [1.54, 1.807) is 16.8 Å². The van der Waals surface area contributed by atoms with Gasteiger partial charge in [0.25, 0.3) is 0 Å². The minimum atomic E-state index is -1.08. The number of rotatable bonds is 2. The van der Waals surface area contributed by atoms with Crippen LogP contribution >= 0.6 is 0 Å². The largest absolute Gasteiger partial charge is 0.476 e. The molecule has 0 saturated carbocycles. The highest BCUT2D eigenvalue weighted by Gasteiger charge is 2.25. The molecule has 1 aliphatic heterocycles. The lowest BCUT2D eigenvalue weighted by Gasteiger charge is -2.14. The van der Waals surface area contributed by atoms with Crippen molar-refractivity contribution in [2.45, 2.75) is 13.0 Å². The Balaban J connectivity index is 2.16. The van der Waals surface area contributed by atoms with Gasteiger partial charge in [-0.2, -0.15) is 5.10 Å². The zero-order valence-corrected chi connectivity index (χ0v) is 9.97. The summed E-state index contributed by atoms with van der Waals surface area (Å²) in [6.45, 7) is 0.775. The van der Waals surface area contributed by atoms with Crippen LogP contribution in [0.2, 0.25) is 0 Å². The molecule has 3 rings (SSSR count). The number of hydrogen-bond acceptors (Lipinski definition) is 3. The first-order valence-corrected chi connectivity index (χ1v) is 5.84. The fraction of sp³-hybridized carbons (Fsp3) is 0.231. The van der Waals surface area contributed by atoms with Crippen LogP contribution in [0, 0.1) is 5.82 Å². The number of aromatic nitrogens is 2. The van der Waals surface area contributed by atoms with Gasteiger partial charge < -0.3 is 9.84 Å². The molecule has 2 heterocycles. The van der Waals surface area contributed by atoms with E-state index in [2.05, 4.69) is 5.10 Å². The Bertz CT molecular complexity index is 634. The third-order valence-electron chi connectivity index (χ3n) is 3.09. The van der Waals surface area contributed by atoms with E-state index in [0.717, 1.165) is 5.69 Å². The van der Waals surface area contributed by atoms with Crippen molar-refractivity contribution in [1.29, 1.82) is 0 Å². The summed E-state index contributed by atoms with van der Waals surface area (Å²) in [5.74, 6) is -1.42. The first-order valence-electron chi connectivity index (χ1n) is 5.84. The average molecular weight is 262 g/mol. The molecule has 0 unspecified atom stereocenters. The fourth-order valence-corrected chi connectivity index (χ4v) is 2.20. The van der Waals surface area contributed by atoms with Crippen LogP contribution in [0.5, 0.6) is 0 Å². The van der Waals surface area contributed by atoms with Gasteiger partial charge in [-0.1, -0.05) is 0 Å². The topological polar surface area (TPSA) is 64.3 Å². The van der Waals surface area contributed by atoms with Crippen LogP contribution < -0.4 is 0 Å². The molecule has 0 fully saturated rings. The molecule has 0 atom stereocenters. The van der Waals surface area contributed by atoms with Gasteiger partial charge in [-0.3, -0.25) is 0 Å². The van der Waals surface area contributed by atoms with Crippen molar-refractivity contribution in [1.82, 2.24) is 9.78 Å². The second-order valence-corrected chi connectivity index (χ2v) is 4.27. The van der Waals surface area contributed by atoms with Crippen LogP contribution in [0.1, 0.15) is 21.7 Å². The van der Waals surface area contributed by atoms with E-state index < -0.39 is 5.97 Å². The van der Waals surface area contributed by atoms with Crippen molar-refractivity contribution in [2.24, 2.45) is 0 Å². The first-order chi connectivity index (χ1) is 9.16. The Labute approximate surface area is 108 Å². The van der Waals surface area contributed by atoms with Crippen molar-refractivity contribution < 1.29 is 19.0 Å². The zero-order chi connectivity index (χ0) is 13.4. The first kappa shape index (κ1) is 11.9. The second-order valence-electron chi connectivity index (χ2n) is 4.27. The zero-order valence-electron chi connectivity index (χ0n) is 9.97. The highest BCUT2D eigenvalue weighted by Crippen LogP contribution is 2.24. The van der Waals surface area contributed by atoms with Gasteiger partial charge in [-0.05, 0) is 24.3 Å². The van der Waals surface area contributed by atoms with Gasteiger partial charge in [-0.15, -0.1) is 0 Å². The summed E-state index contributed by atoms with van der Waals surface area (Å²) in [6.07, 6.45) is 0.590. The number of aromatic carboxylic acids is 1. The monoisotopic (exact) mass is 262 g/mol. The van der Waals surface area contributed by atoms with Crippen molar-refractivity contribution in [3.63, 3.8) is 0 Å². The standard InChI is InChI=1S/C13H11FN2O3/c14-8-1-3-9(4-2-8)16-11-5-6-19-7-10(11)12(15-16)13(17)18/h1-4H,5-7H2,(H,17,18). The molecule has 0 bridgehead atoms. The molecule has 1 aromatic carbocycles. The molecule has 0 saturated heterocycles. The molecule has 2 aromatic rings. The molecule has 6 heteroatoms. The van der Waals surface area contributed by atoms with E-state index in [1.165, 1.54) is 12.1 Å². The molecule has 0 amide bonds. The van der Waals surface area contributed by atoms with Crippen LogP contribution in [0.15, 0.2) is 24.3 Å². The fourth-order valence-electron chi connectivity index (χ4n) is 2.20. The summed E-state index contributed by atoms with van der Waals surface area (Å²) in [6, 6.07) is 5.79. The lowest BCUT2D eigenvalue weighted by molar-refractivity contribution is 0.0677.